The van der Waals surface area contributed by atoms with Crippen molar-refractivity contribution >= 4 is 29.2 Å². The van der Waals surface area contributed by atoms with E-state index < -0.39 is 0 Å². The lowest BCUT2D eigenvalue weighted by Crippen LogP contribution is -2.41. The van der Waals surface area contributed by atoms with Gasteiger partial charge >= 0.3 is 0 Å². The normalized spacial score (nSPS) is 13.8. The molecule has 1 amide bonds. The molecule has 0 bridgehead atoms. The van der Waals surface area contributed by atoms with Crippen molar-refractivity contribution in [1.29, 1.82) is 0 Å². The third kappa shape index (κ3) is 2.47. The smallest absolute Gasteiger partial charge is 0.235 e. The molecule has 0 saturated carbocycles. The summed E-state index contributed by atoms with van der Waals surface area (Å²) in [4.78, 5) is 19.2. The molecule has 2 N–H and O–H groups in total. The summed E-state index contributed by atoms with van der Waals surface area (Å²) in [6, 6.07) is 3.73. The number of pyridine rings is 1. The lowest BCUT2D eigenvalue weighted by molar-refractivity contribution is -0.119. The quantitative estimate of drug-likeness (QED) is 0.639. The van der Waals surface area contributed by atoms with Gasteiger partial charge in [-0.1, -0.05) is 11.8 Å². The SMILES string of the molecule is CC(=O)NNC1=Nc2cccnc2SC1. The molecule has 6 heteroatoms. The van der Waals surface area contributed by atoms with Crippen molar-refractivity contribution in [3.05, 3.63) is 18.3 Å². The summed E-state index contributed by atoms with van der Waals surface area (Å²) in [5.41, 5.74) is 6.09. The number of nitrogens with one attached hydrogen (secondary N) is 2. The monoisotopic (exact) mass is 222 g/mol. The van der Waals surface area contributed by atoms with Gasteiger partial charge in [0.1, 0.15) is 10.9 Å². The van der Waals surface area contributed by atoms with Gasteiger partial charge in [0.25, 0.3) is 0 Å². The van der Waals surface area contributed by atoms with E-state index >= 15 is 0 Å². The highest BCUT2D eigenvalue weighted by molar-refractivity contribution is 8.00. The van der Waals surface area contributed by atoms with E-state index in [2.05, 4.69) is 20.8 Å². The Morgan fingerprint density at radius 1 is 1.60 bits per heavy atom. The molecule has 78 valence electrons. The van der Waals surface area contributed by atoms with Gasteiger partial charge in [-0.2, -0.15) is 0 Å². The molecule has 15 heavy (non-hydrogen) atoms. The number of hydrogen-bond acceptors (Lipinski definition) is 5. The summed E-state index contributed by atoms with van der Waals surface area (Å²) in [7, 11) is 0. The van der Waals surface area contributed by atoms with Crippen molar-refractivity contribution in [3.8, 4) is 0 Å². The molecule has 0 atom stereocenters. The Morgan fingerprint density at radius 3 is 3.27 bits per heavy atom. The number of amidine groups is 1. The van der Waals surface area contributed by atoms with Crippen LogP contribution in [0, 0.1) is 0 Å². The largest absolute Gasteiger partial charge is 0.285 e. The van der Waals surface area contributed by atoms with E-state index in [1.807, 2.05) is 12.1 Å². The molecule has 2 heterocycles. The van der Waals surface area contributed by atoms with Crippen LogP contribution in [-0.2, 0) is 4.79 Å². The van der Waals surface area contributed by atoms with Crippen LogP contribution in [0.4, 0.5) is 5.69 Å². The molecule has 2 rings (SSSR count). The molecule has 0 unspecified atom stereocenters. The molecule has 1 aromatic rings. The number of aromatic nitrogens is 1. The number of amides is 1. The first-order chi connectivity index (χ1) is 7.25. The Morgan fingerprint density at radius 2 is 2.47 bits per heavy atom. The highest BCUT2D eigenvalue weighted by Gasteiger charge is 2.12. The van der Waals surface area contributed by atoms with E-state index in [0.717, 1.165) is 16.5 Å². The number of fused-ring (bicyclic) bond motifs is 1. The van der Waals surface area contributed by atoms with Gasteiger partial charge in [-0.15, -0.1) is 0 Å². The summed E-state index contributed by atoms with van der Waals surface area (Å²) < 4.78 is 0. The Kier molecular flexibility index (Phi) is 2.86. The third-order valence-corrected chi connectivity index (χ3v) is 2.74. The number of aliphatic imine (C=N–C) groups is 1. The maximum atomic E-state index is 10.7. The summed E-state index contributed by atoms with van der Waals surface area (Å²) in [6.07, 6.45) is 1.74. The summed E-state index contributed by atoms with van der Waals surface area (Å²) in [5.74, 6) is 1.28. The fourth-order valence-electron chi connectivity index (χ4n) is 1.12. The molecule has 1 aromatic heterocycles. The fourth-order valence-corrected chi connectivity index (χ4v) is 1.92. The van der Waals surface area contributed by atoms with Gasteiger partial charge in [-0.3, -0.25) is 15.6 Å². The summed E-state index contributed by atoms with van der Waals surface area (Å²) in [6.45, 7) is 1.44. The Balaban J connectivity index is 2.11. The Labute approximate surface area is 91.4 Å². The minimum absolute atomic E-state index is 0.139. The first-order valence-electron chi connectivity index (χ1n) is 4.43. The zero-order valence-electron chi connectivity index (χ0n) is 8.15. The zero-order valence-corrected chi connectivity index (χ0v) is 8.97. The van der Waals surface area contributed by atoms with E-state index in [4.69, 9.17) is 0 Å². The van der Waals surface area contributed by atoms with E-state index in [0.29, 0.717) is 5.75 Å². The predicted molar refractivity (Wildman–Crippen MR) is 59.0 cm³/mol. The zero-order chi connectivity index (χ0) is 10.7. The fraction of sp³-hybridized carbons (Fsp3) is 0.222. The van der Waals surface area contributed by atoms with Crippen LogP contribution in [-0.4, -0.2) is 22.5 Å². The van der Waals surface area contributed by atoms with Crippen molar-refractivity contribution in [2.24, 2.45) is 4.99 Å². The molecular weight excluding hydrogens is 212 g/mol. The molecule has 0 aliphatic carbocycles. The van der Waals surface area contributed by atoms with Gasteiger partial charge in [-0.05, 0) is 12.1 Å². The van der Waals surface area contributed by atoms with Crippen LogP contribution in [0.5, 0.6) is 0 Å². The van der Waals surface area contributed by atoms with Crippen LogP contribution in [0.3, 0.4) is 0 Å². The number of rotatable bonds is 0. The standard InChI is InChI=1S/C9H10N4OS/c1-6(14)12-13-8-5-15-9-7(11-8)3-2-4-10-9/h2-4H,5H2,1H3,(H,11,13)(H,12,14). The molecule has 5 nitrogen and oxygen atoms in total. The second kappa shape index (κ2) is 4.31. The van der Waals surface area contributed by atoms with Gasteiger partial charge in [0.15, 0.2) is 0 Å². The summed E-state index contributed by atoms with van der Waals surface area (Å²) in [5, 5.41) is 0.922. The number of nitrogens with zero attached hydrogens (tertiary/aromatic N) is 2. The van der Waals surface area contributed by atoms with E-state index in [1.54, 1.807) is 18.0 Å². The minimum Gasteiger partial charge on any atom is -0.285 e. The lowest BCUT2D eigenvalue weighted by atomic mass is 10.4. The van der Waals surface area contributed by atoms with E-state index in [1.165, 1.54) is 6.92 Å². The van der Waals surface area contributed by atoms with Crippen LogP contribution in [0.25, 0.3) is 0 Å². The summed E-state index contributed by atoms with van der Waals surface area (Å²) >= 11 is 1.59. The molecule has 0 aromatic carbocycles. The minimum atomic E-state index is -0.139. The van der Waals surface area contributed by atoms with Crippen molar-refractivity contribution in [1.82, 2.24) is 15.8 Å². The molecule has 0 fully saturated rings. The second-order valence-corrected chi connectivity index (χ2v) is 3.95. The molecular formula is C9H10N4OS. The third-order valence-electron chi connectivity index (χ3n) is 1.73. The maximum absolute atomic E-state index is 10.7. The van der Waals surface area contributed by atoms with Gasteiger partial charge in [0.05, 0.1) is 11.4 Å². The number of carbonyl (C=O) groups is 1. The van der Waals surface area contributed by atoms with Crippen LogP contribution >= 0.6 is 11.8 Å². The Hall–Kier alpha value is -1.56. The number of thioether (sulfide) groups is 1. The lowest BCUT2D eigenvalue weighted by Gasteiger charge is -2.15. The molecule has 1 aliphatic heterocycles. The number of hydrazine groups is 1. The number of carbonyl (C=O) groups excluding carboxylic acids is 1. The van der Waals surface area contributed by atoms with Gasteiger partial charge in [0, 0.05) is 13.1 Å². The van der Waals surface area contributed by atoms with Crippen molar-refractivity contribution in [2.75, 3.05) is 5.75 Å². The van der Waals surface area contributed by atoms with Crippen LogP contribution in [0.1, 0.15) is 6.92 Å². The average molecular weight is 222 g/mol. The van der Waals surface area contributed by atoms with Gasteiger partial charge < -0.3 is 0 Å². The predicted octanol–water partition coefficient (Wildman–Crippen LogP) is 0.858. The molecule has 0 saturated heterocycles. The van der Waals surface area contributed by atoms with Crippen LogP contribution in [0.2, 0.25) is 0 Å². The first kappa shape index (κ1) is 9.97. The highest BCUT2D eigenvalue weighted by Crippen LogP contribution is 2.30. The van der Waals surface area contributed by atoms with Gasteiger partial charge in [0.2, 0.25) is 5.91 Å². The molecule has 0 spiro atoms. The number of hydrogen-bond donors (Lipinski definition) is 2. The van der Waals surface area contributed by atoms with Crippen molar-refractivity contribution in [2.45, 2.75) is 11.9 Å². The highest BCUT2D eigenvalue weighted by atomic mass is 32.2. The van der Waals surface area contributed by atoms with E-state index in [-0.39, 0.29) is 5.91 Å². The van der Waals surface area contributed by atoms with Gasteiger partial charge in [-0.25, -0.2) is 9.98 Å². The van der Waals surface area contributed by atoms with E-state index in [9.17, 15) is 4.79 Å². The van der Waals surface area contributed by atoms with Crippen LogP contribution in [0.15, 0.2) is 28.3 Å². The van der Waals surface area contributed by atoms with Crippen molar-refractivity contribution in [3.63, 3.8) is 0 Å². The molecule has 1 aliphatic rings. The maximum Gasteiger partial charge on any atom is 0.235 e. The molecule has 0 radical (unpaired) electrons. The average Bonchev–Trinajstić information content (AvgIpc) is 2.26. The Bertz CT molecular complexity index is 418. The first-order valence-corrected chi connectivity index (χ1v) is 5.42. The van der Waals surface area contributed by atoms with Crippen LogP contribution < -0.4 is 10.9 Å². The second-order valence-electron chi connectivity index (χ2n) is 2.98. The topological polar surface area (TPSA) is 66.4 Å². The van der Waals surface area contributed by atoms with Crippen molar-refractivity contribution < 1.29 is 4.79 Å².